The summed E-state index contributed by atoms with van der Waals surface area (Å²) in [5.74, 6) is -2.05. The molecule has 0 aromatic rings. The fourth-order valence-electron chi connectivity index (χ4n) is 9.48. The predicted octanol–water partition coefficient (Wildman–Crippen LogP) is 21.6. The van der Waals surface area contributed by atoms with E-state index in [2.05, 4.69) is 135 Å². The van der Waals surface area contributed by atoms with E-state index in [0.29, 0.717) is 23.9 Å². The molecule has 0 rings (SSSR count). The van der Waals surface area contributed by atoms with Crippen molar-refractivity contribution in [3.05, 3.63) is 122 Å². The molecule has 1 N–H and O–H groups in total. The summed E-state index contributed by atoms with van der Waals surface area (Å²) >= 11 is 0. The predicted molar refractivity (Wildman–Crippen MR) is 364 cm³/mol. The molecule has 9 heteroatoms. The first kappa shape index (κ1) is 80.7. The normalized spacial score (nSPS) is 13.5. The Hall–Kier alpha value is -4.31. The standard InChI is InChI=1S/C76H129NO8/c1-6-8-10-12-14-16-18-20-22-24-26-27-28-29-30-31-32-33-34-35-36-37-38-39-40-41-42-43-44-45-46-47-49-51-53-55-57-59-61-63-65-67-74(79)85-72(71-84-76(75(80)81)82-69-68-77(3,4)5)70-83-73(78)66-64-62-60-58-56-54-52-50-48-25-23-21-19-17-15-13-11-9-7-2/h8-11,14-17,20-23,26-27,29-30,48,50,54,56,72,76H,6-7,12-13,18-19,24-25,28,31-47,49,51-53,55,57-71H2,1-5H3/p+1/b10-8-,11-9-,16-14-,17-15-,22-20-,23-21-,27-26-,30-29-,50-48-,56-54-. The molecule has 0 fully saturated rings. The number of nitrogens with zero attached hydrogens (tertiary/aromatic N) is 1. The van der Waals surface area contributed by atoms with Crippen LogP contribution in [0, 0.1) is 0 Å². The molecule has 0 aliphatic carbocycles. The second kappa shape index (κ2) is 65.7. The maximum atomic E-state index is 12.9. The van der Waals surface area contributed by atoms with Crippen LogP contribution in [0.25, 0.3) is 0 Å². The zero-order valence-electron chi connectivity index (χ0n) is 55.5. The van der Waals surface area contributed by atoms with Crippen LogP contribution in [-0.2, 0) is 33.3 Å². The van der Waals surface area contributed by atoms with Crippen LogP contribution < -0.4 is 0 Å². The van der Waals surface area contributed by atoms with E-state index >= 15 is 0 Å². The minimum Gasteiger partial charge on any atom is -0.477 e. The highest BCUT2D eigenvalue weighted by atomic mass is 16.7. The van der Waals surface area contributed by atoms with Crippen LogP contribution in [0.1, 0.15) is 284 Å². The number of allylic oxidation sites excluding steroid dienone is 20. The largest absolute Gasteiger partial charge is 0.477 e. The zero-order chi connectivity index (χ0) is 61.9. The van der Waals surface area contributed by atoms with Crippen LogP contribution in [0.3, 0.4) is 0 Å². The molecular weight excluding hydrogens is 1050 g/mol. The molecule has 0 heterocycles. The van der Waals surface area contributed by atoms with Gasteiger partial charge in [-0.25, -0.2) is 4.79 Å². The first-order valence-electron chi connectivity index (χ1n) is 34.7. The van der Waals surface area contributed by atoms with Gasteiger partial charge in [0.1, 0.15) is 13.2 Å². The van der Waals surface area contributed by atoms with Crippen LogP contribution in [0.2, 0.25) is 0 Å². The first-order chi connectivity index (χ1) is 41.6. The molecule has 0 radical (unpaired) electrons. The summed E-state index contributed by atoms with van der Waals surface area (Å²) < 4.78 is 22.9. The van der Waals surface area contributed by atoms with Gasteiger partial charge in [0.25, 0.3) is 6.29 Å². The van der Waals surface area contributed by atoms with Crippen molar-refractivity contribution in [2.45, 2.75) is 296 Å². The molecule has 0 bridgehead atoms. The third-order valence-corrected chi connectivity index (χ3v) is 14.7. The second-order valence-electron chi connectivity index (χ2n) is 24.1. The molecule has 2 unspecified atom stereocenters. The lowest BCUT2D eigenvalue weighted by Crippen LogP contribution is -2.40. The number of esters is 2. The molecule has 0 aliphatic heterocycles. The van der Waals surface area contributed by atoms with Crippen molar-refractivity contribution in [2.24, 2.45) is 0 Å². The topological polar surface area (TPSA) is 108 Å². The lowest BCUT2D eigenvalue weighted by molar-refractivity contribution is -0.870. The Morgan fingerprint density at radius 1 is 0.353 bits per heavy atom. The molecule has 2 atom stereocenters. The van der Waals surface area contributed by atoms with E-state index in [9.17, 15) is 19.5 Å². The molecule has 0 aromatic heterocycles. The number of hydrogen-bond donors (Lipinski definition) is 1. The number of hydrogen-bond acceptors (Lipinski definition) is 7. The Labute approximate surface area is 523 Å². The number of carboxylic acid groups (broad SMARTS) is 1. The van der Waals surface area contributed by atoms with Gasteiger partial charge in [-0.3, -0.25) is 9.59 Å². The number of quaternary nitrogens is 1. The first-order valence-corrected chi connectivity index (χ1v) is 34.7. The Morgan fingerprint density at radius 2 is 0.635 bits per heavy atom. The number of carboxylic acids is 1. The Balaban J connectivity index is 4.02. The molecule has 0 aliphatic rings. The number of aliphatic carboxylic acids is 1. The maximum absolute atomic E-state index is 12.9. The van der Waals surface area contributed by atoms with Crippen LogP contribution >= 0.6 is 0 Å². The van der Waals surface area contributed by atoms with Gasteiger partial charge in [0.2, 0.25) is 0 Å². The van der Waals surface area contributed by atoms with Crippen molar-refractivity contribution in [3.63, 3.8) is 0 Å². The van der Waals surface area contributed by atoms with Crippen molar-refractivity contribution < 1.29 is 42.9 Å². The van der Waals surface area contributed by atoms with E-state index < -0.39 is 24.3 Å². The smallest absolute Gasteiger partial charge is 0.361 e. The van der Waals surface area contributed by atoms with E-state index in [0.717, 1.165) is 96.3 Å². The van der Waals surface area contributed by atoms with Gasteiger partial charge in [0.05, 0.1) is 34.4 Å². The molecule has 85 heavy (non-hydrogen) atoms. The van der Waals surface area contributed by atoms with E-state index in [1.54, 1.807) is 0 Å². The highest BCUT2D eigenvalue weighted by Gasteiger charge is 2.25. The summed E-state index contributed by atoms with van der Waals surface area (Å²) in [5.41, 5.74) is 0. The van der Waals surface area contributed by atoms with Crippen molar-refractivity contribution in [1.82, 2.24) is 0 Å². The van der Waals surface area contributed by atoms with E-state index in [1.165, 1.54) is 148 Å². The molecule has 0 saturated heterocycles. The SMILES string of the molecule is CC/C=C\C/C=C\C/C=C\C/C=C\C/C=C\CCCCCCCCCCCCCCCCCCCCCCCCCCCC(=O)OC(COC(=O)CCCCC/C=C\C/C=C\C/C=C\C/C=C\C/C=C\CC)COC(OCC[N+](C)(C)C)C(=O)O. The van der Waals surface area contributed by atoms with Crippen LogP contribution in [0.5, 0.6) is 0 Å². The fourth-order valence-corrected chi connectivity index (χ4v) is 9.48. The molecule has 0 saturated carbocycles. The van der Waals surface area contributed by atoms with Crippen LogP contribution in [0.4, 0.5) is 0 Å². The van der Waals surface area contributed by atoms with E-state index in [4.69, 9.17) is 18.9 Å². The average molecular weight is 1190 g/mol. The number of likely N-dealkylation sites (N-methyl/N-ethyl adjacent to an activating group) is 1. The van der Waals surface area contributed by atoms with Crippen molar-refractivity contribution in [2.75, 3.05) is 47.5 Å². The van der Waals surface area contributed by atoms with Crippen molar-refractivity contribution in [3.8, 4) is 0 Å². The minimum absolute atomic E-state index is 0.178. The quantitative estimate of drug-likeness (QED) is 0.0211. The number of ether oxygens (including phenoxy) is 4. The van der Waals surface area contributed by atoms with Gasteiger partial charge >= 0.3 is 17.9 Å². The summed E-state index contributed by atoms with van der Waals surface area (Å²) in [5, 5.41) is 9.73. The summed E-state index contributed by atoms with van der Waals surface area (Å²) in [6.07, 6.45) is 90.5. The zero-order valence-corrected chi connectivity index (χ0v) is 55.5. The summed E-state index contributed by atoms with van der Waals surface area (Å²) in [6.45, 7) is 4.62. The monoisotopic (exact) mass is 1180 g/mol. The highest BCUT2D eigenvalue weighted by Crippen LogP contribution is 2.17. The maximum Gasteiger partial charge on any atom is 0.361 e. The van der Waals surface area contributed by atoms with Gasteiger partial charge < -0.3 is 28.5 Å². The average Bonchev–Trinajstić information content (AvgIpc) is 3.49. The van der Waals surface area contributed by atoms with Crippen molar-refractivity contribution in [1.29, 1.82) is 0 Å². The number of unbranched alkanes of at least 4 members (excludes halogenated alkanes) is 28. The van der Waals surface area contributed by atoms with Gasteiger partial charge in [-0.2, -0.15) is 0 Å². The Bertz CT molecular complexity index is 1810. The Morgan fingerprint density at radius 3 is 0.953 bits per heavy atom. The summed E-state index contributed by atoms with van der Waals surface area (Å²) in [7, 11) is 5.96. The molecule has 0 amide bonds. The van der Waals surface area contributed by atoms with Crippen LogP contribution in [-0.4, -0.2) is 87.4 Å². The number of rotatable bonds is 63. The summed E-state index contributed by atoms with van der Waals surface area (Å²) in [6, 6.07) is 0. The highest BCUT2D eigenvalue weighted by molar-refractivity contribution is 5.71. The van der Waals surface area contributed by atoms with Gasteiger partial charge in [-0.05, 0) is 103 Å². The fraction of sp³-hybridized carbons (Fsp3) is 0.697. The van der Waals surface area contributed by atoms with Crippen molar-refractivity contribution >= 4 is 17.9 Å². The molecule has 0 spiro atoms. The molecule has 0 aromatic carbocycles. The van der Waals surface area contributed by atoms with E-state index in [-0.39, 0.29) is 38.6 Å². The summed E-state index contributed by atoms with van der Waals surface area (Å²) in [4.78, 5) is 37.5. The number of carbonyl (C=O) groups excluding carboxylic acids is 2. The molecular formula is C76H130NO8+. The minimum atomic E-state index is -1.52. The number of carbonyl (C=O) groups is 3. The van der Waals surface area contributed by atoms with Gasteiger partial charge in [0.15, 0.2) is 6.10 Å². The lowest BCUT2D eigenvalue weighted by atomic mass is 10.0. The molecule has 486 valence electrons. The molecule has 9 nitrogen and oxygen atoms in total. The van der Waals surface area contributed by atoms with Gasteiger partial charge in [-0.15, -0.1) is 0 Å². The Kier molecular flexibility index (Phi) is 62.3. The van der Waals surface area contributed by atoms with Gasteiger partial charge in [-0.1, -0.05) is 289 Å². The lowest BCUT2D eigenvalue weighted by Gasteiger charge is -2.25. The second-order valence-corrected chi connectivity index (χ2v) is 24.1. The van der Waals surface area contributed by atoms with Gasteiger partial charge in [0, 0.05) is 12.8 Å². The third kappa shape index (κ3) is 67.1. The van der Waals surface area contributed by atoms with E-state index in [1.807, 2.05) is 21.1 Å². The van der Waals surface area contributed by atoms with Crippen LogP contribution in [0.15, 0.2) is 122 Å². The third-order valence-electron chi connectivity index (χ3n) is 14.7.